The Hall–Kier alpha value is -1.13. The van der Waals surface area contributed by atoms with E-state index in [1.165, 1.54) is 10.1 Å². The molecule has 0 spiro atoms. The highest BCUT2D eigenvalue weighted by Crippen LogP contribution is 2.26. The van der Waals surface area contributed by atoms with Gasteiger partial charge in [-0.15, -0.1) is 11.3 Å². The molecule has 0 aliphatic carbocycles. The largest absolute Gasteiger partial charge is 0.368 e. The van der Waals surface area contributed by atoms with E-state index < -0.39 is 0 Å². The van der Waals surface area contributed by atoms with Gasteiger partial charge in [-0.3, -0.25) is 0 Å². The summed E-state index contributed by atoms with van der Waals surface area (Å²) >= 11 is 1.75. The predicted molar refractivity (Wildman–Crippen MR) is 75.9 cm³/mol. The van der Waals surface area contributed by atoms with Crippen molar-refractivity contribution < 1.29 is 0 Å². The molecule has 1 N–H and O–H groups in total. The van der Waals surface area contributed by atoms with Crippen molar-refractivity contribution in [3.63, 3.8) is 0 Å². The number of rotatable bonds is 4. The number of likely N-dealkylation sites (N-methyl/N-ethyl adjacent to an activating group) is 1. The van der Waals surface area contributed by atoms with Crippen LogP contribution in [0.4, 0.5) is 5.82 Å². The lowest BCUT2D eigenvalue weighted by Crippen LogP contribution is -2.44. The van der Waals surface area contributed by atoms with Gasteiger partial charge < -0.3 is 10.2 Å². The van der Waals surface area contributed by atoms with Crippen LogP contribution in [0.3, 0.4) is 0 Å². The second kappa shape index (κ2) is 4.63. The van der Waals surface area contributed by atoms with Crippen LogP contribution in [0.25, 0.3) is 10.1 Å². The molecule has 2 rings (SSSR count). The van der Waals surface area contributed by atoms with Gasteiger partial charge in [0.2, 0.25) is 0 Å². The van der Waals surface area contributed by atoms with Gasteiger partial charge in [0, 0.05) is 28.4 Å². The third-order valence-corrected chi connectivity index (χ3v) is 4.16. The minimum Gasteiger partial charge on any atom is -0.368 e. The maximum Gasteiger partial charge on any atom is 0.134 e. The molecule has 0 saturated carbocycles. The first-order chi connectivity index (χ1) is 8.00. The SMILES string of the molecule is CN(C)C(C)(C)CNc1nccc2sccc12. The lowest BCUT2D eigenvalue weighted by molar-refractivity contribution is 0.210. The number of anilines is 1. The zero-order valence-corrected chi connectivity index (χ0v) is 11.6. The van der Waals surface area contributed by atoms with Gasteiger partial charge in [0.1, 0.15) is 5.82 Å². The lowest BCUT2D eigenvalue weighted by atomic mass is 10.0. The Morgan fingerprint density at radius 1 is 1.35 bits per heavy atom. The highest BCUT2D eigenvalue weighted by molar-refractivity contribution is 7.17. The third kappa shape index (κ3) is 2.58. The highest BCUT2D eigenvalue weighted by Gasteiger charge is 2.20. The van der Waals surface area contributed by atoms with Crippen LogP contribution in [0.5, 0.6) is 0 Å². The van der Waals surface area contributed by atoms with Gasteiger partial charge in [-0.2, -0.15) is 0 Å². The van der Waals surface area contributed by atoms with Crippen LogP contribution in [-0.2, 0) is 0 Å². The average molecular weight is 249 g/mol. The van der Waals surface area contributed by atoms with Crippen molar-refractivity contribution >= 4 is 27.2 Å². The zero-order valence-electron chi connectivity index (χ0n) is 10.8. The molecular weight excluding hydrogens is 230 g/mol. The lowest BCUT2D eigenvalue weighted by Gasteiger charge is -2.32. The Kier molecular flexibility index (Phi) is 3.35. The highest BCUT2D eigenvalue weighted by atomic mass is 32.1. The molecular formula is C13H19N3S. The van der Waals surface area contributed by atoms with E-state index in [1.54, 1.807) is 11.3 Å². The van der Waals surface area contributed by atoms with E-state index in [2.05, 4.69) is 60.7 Å². The molecule has 2 aromatic rings. The molecule has 0 bridgehead atoms. The molecule has 0 aromatic carbocycles. The van der Waals surface area contributed by atoms with Gasteiger partial charge in [-0.25, -0.2) is 4.98 Å². The standard InChI is InChI=1S/C13H19N3S/c1-13(2,16(3)4)9-15-12-10-6-8-17-11(10)5-7-14-12/h5-8H,9H2,1-4H3,(H,14,15). The topological polar surface area (TPSA) is 28.2 Å². The molecule has 0 radical (unpaired) electrons. The number of fused-ring (bicyclic) bond motifs is 1. The van der Waals surface area contributed by atoms with Crippen molar-refractivity contribution in [2.45, 2.75) is 19.4 Å². The zero-order chi connectivity index (χ0) is 12.5. The van der Waals surface area contributed by atoms with Gasteiger partial charge in [0.25, 0.3) is 0 Å². The van der Waals surface area contributed by atoms with Crippen LogP contribution in [0.1, 0.15) is 13.8 Å². The number of nitrogens with zero attached hydrogens (tertiary/aromatic N) is 2. The Morgan fingerprint density at radius 3 is 2.82 bits per heavy atom. The van der Waals surface area contributed by atoms with Crippen molar-refractivity contribution in [1.82, 2.24) is 9.88 Å². The molecule has 4 heteroatoms. The van der Waals surface area contributed by atoms with E-state index in [0.29, 0.717) is 0 Å². The number of aromatic nitrogens is 1. The van der Waals surface area contributed by atoms with Gasteiger partial charge in [-0.1, -0.05) is 0 Å². The molecule has 17 heavy (non-hydrogen) atoms. The third-order valence-electron chi connectivity index (χ3n) is 3.28. The van der Waals surface area contributed by atoms with Gasteiger partial charge >= 0.3 is 0 Å². The van der Waals surface area contributed by atoms with Crippen LogP contribution < -0.4 is 5.32 Å². The fraction of sp³-hybridized carbons (Fsp3) is 0.462. The van der Waals surface area contributed by atoms with Crippen LogP contribution in [0.15, 0.2) is 23.7 Å². The fourth-order valence-electron chi connectivity index (χ4n) is 1.49. The number of hydrogen-bond donors (Lipinski definition) is 1. The van der Waals surface area contributed by atoms with E-state index in [0.717, 1.165) is 12.4 Å². The first-order valence-corrected chi connectivity index (χ1v) is 6.62. The molecule has 0 unspecified atom stereocenters. The first kappa shape index (κ1) is 12.3. The smallest absolute Gasteiger partial charge is 0.134 e. The summed E-state index contributed by atoms with van der Waals surface area (Å²) in [4.78, 5) is 6.63. The second-order valence-corrected chi connectivity index (χ2v) is 6.00. The molecule has 0 aliphatic heterocycles. The summed E-state index contributed by atoms with van der Waals surface area (Å²) < 4.78 is 1.28. The van der Waals surface area contributed by atoms with E-state index >= 15 is 0 Å². The minimum atomic E-state index is 0.111. The van der Waals surface area contributed by atoms with Crippen molar-refractivity contribution in [1.29, 1.82) is 0 Å². The van der Waals surface area contributed by atoms with Crippen molar-refractivity contribution in [2.75, 3.05) is 26.0 Å². The quantitative estimate of drug-likeness (QED) is 0.902. The summed E-state index contributed by atoms with van der Waals surface area (Å²) in [6, 6.07) is 4.18. The number of thiophene rings is 1. The molecule has 0 atom stereocenters. The summed E-state index contributed by atoms with van der Waals surface area (Å²) in [6.45, 7) is 5.31. The van der Waals surface area contributed by atoms with Gasteiger partial charge in [-0.05, 0) is 45.5 Å². The number of hydrogen-bond acceptors (Lipinski definition) is 4. The average Bonchev–Trinajstić information content (AvgIpc) is 2.74. The summed E-state index contributed by atoms with van der Waals surface area (Å²) in [5, 5.41) is 6.77. The Balaban J connectivity index is 2.17. The molecule has 0 saturated heterocycles. The monoisotopic (exact) mass is 249 g/mol. The van der Waals surface area contributed by atoms with Gasteiger partial charge in [0.05, 0.1) is 0 Å². The number of pyridine rings is 1. The molecule has 3 nitrogen and oxygen atoms in total. The van der Waals surface area contributed by atoms with Crippen LogP contribution >= 0.6 is 11.3 Å². The van der Waals surface area contributed by atoms with E-state index in [4.69, 9.17) is 0 Å². The number of nitrogens with one attached hydrogen (secondary N) is 1. The summed E-state index contributed by atoms with van der Waals surface area (Å²) in [6.07, 6.45) is 1.86. The van der Waals surface area contributed by atoms with E-state index in [9.17, 15) is 0 Å². The van der Waals surface area contributed by atoms with Crippen LogP contribution in [0.2, 0.25) is 0 Å². The molecule has 92 valence electrons. The van der Waals surface area contributed by atoms with Crippen molar-refractivity contribution in [3.05, 3.63) is 23.7 Å². The Labute approximate surface area is 106 Å². The summed E-state index contributed by atoms with van der Waals surface area (Å²) in [5.74, 6) is 0.985. The van der Waals surface area contributed by atoms with Crippen molar-refractivity contribution in [2.24, 2.45) is 0 Å². The molecule has 0 fully saturated rings. The fourth-order valence-corrected chi connectivity index (χ4v) is 2.28. The predicted octanol–water partition coefficient (Wildman–Crippen LogP) is 3.05. The minimum absolute atomic E-state index is 0.111. The Morgan fingerprint density at radius 2 is 2.12 bits per heavy atom. The molecule has 0 amide bonds. The van der Waals surface area contributed by atoms with Gasteiger partial charge in [0.15, 0.2) is 0 Å². The summed E-state index contributed by atoms with van der Waals surface area (Å²) in [5.41, 5.74) is 0.111. The van der Waals surface area contributed by atoms with E-state index in [1.807, 2.05) is 6.20 Å². The normalized spacial score (nSPS) is 12.3. The first-order valence-electron chi connectivity index (χ1n) is 5.74. The molecule has 2 aromatic heterocycles. The van der Waals surface area contributed by atoms with E-state index in [-0.39, 0.29) is 5.54 Å². The maximum atomic E-state index is 4.42. The molecule has 0 aliphatic rings. The second-order valence-electron chi connectivity index (χ2n) is 5.05. The van der Waals surface area contributed by atoms with Crippen LogP contribution in [-0.4, -0.2) is 36.1 Å². The molecule has 2 heterocycles. The Bertz CT molecular complexity index is 502. The van der Waals surface area contributed by atoms with Crippen LogP contribution in [0, 0.1) is 0 Å². The van der Waals surface area contributed by atoms with Crippen molar-refractivity contribution in [3.8, 4) is 0 Å². The maximum absolute atomic E-state index is 4.42. The summed E-state index contributed by atoms with van der Waals surface area (Å²) in [7, 11) is 4.20.